The summed E-state index contributed by atoms with van der Waals surface area (Å²) in [6, 6.07) is 0. The first kappa shape index (κ1) is 11.1. The van der Waals surface area contributed by atoms with Crippen molar-refractivity contribution in [3.05, 3.63) is 12.2 Å². The Bertz CT molecular complexity index is 86.9. The third-order valence-corrected chi connectivity index (χ3v) is 2.04. The van der Waals surface area contributed by atoms with Crippen LogP contribution in [0.15, 0.2) is 12.2 Å². The lowest BCUT2D eigenvalue weighted by molar-refractivity contribution is 0.640. The molecule has 0 aliphatic heterocycles. The van der Waals surface area contributed by atoms with Crippen LogP contribution in [0.4, 0.5) is 0 Å². The molecule has 1 heteroatoms. The molecule has 0 unspecified atom stereocenters. The molecule has 0 aliphatic carbocycles. The minimum Gasteiger partial charge on any atom is -0.0942 e. The maximum atomic E-state index is 4.86. The summed E-state index contributed by atoms with van der Waals surface area (Å²) in [5, 5.41) is 0. The van der Waals surface area contributed by atoms with Gasteiger partial charge < -0.3 is 0 Å². The van der Waals surface area contributed by atoms with Crippen LogP contribution in [0.2, 0.25) is 0 Å². The zero-order chi connectivity index (χ0) is 8.36. The Kier molecular flexibility index (Phi) is 10.2. The fraction of sp³-hybridized carbons (Fsp3) is 0.800. The Hall–Kier alpha value is 0.0900. The van der Waals surface area contributed by atoms with Gasteiger partial charge in [-0.2, -0.15) is 0 Å². The molecule has 0 fully saturated rings. The normalized spacial score (nSPS) is 11.1. The van der Waals surface area contributed by atoms with Crippen LogP contribution < -0.4 is 0 Å². The molecule has 65 valence electrons. The molecule has 0 aromatic rings. The van der Waals surface area contributed by atoms with Crippen molar-refractivity contribution in [1.82, 2.24) is 0 Å². The lowest BCUT2D eigenvalue weighted by Gasteiger charge is -1.96. The average Bonchev–Trinajstić information content (AvgIpc) is 2.03. The van der Waals surface area contributed by atoms with Crippen molar-refractivity contribution in [2.75, 3.05) is 5.75 Å². The van der Waals surface area contributed by atoms with Crippen LogP contribution in [0.25, 0.3) is 0 Å². The summed E-state index contributed by atoms with van der Waals surface area (Å²) in [7, 11) is 0. The number of allylic oxidation sites excluding steroid dienone is 2. The SMILES string of the molecule is CC=CCCCCCCC[S]. The maximum absolute atomic E-state index is 4.86. The third kappa shape index (κ3) is 10.1. The molecule has 0 saturated carbocycles. The van der Waals surface area contributed by atoms with Crippen LogP contribution >= 0.6 is 12.6 Å². The summed E-state index contributed by atoms with van der Waals surface area (Å²) < 4.78 is 0. The predicted molar refractivity (Wildman–Crippen MR) is 55.0 cm³/mol. The minimum atomic E-state index is 0.939. The van der Waals surface area contributed by atoms with E-state index >= 15 is 0 Å². The first-order valence-corrected chi connectivity index (χ1v) is 5.18. The van der Waals surface area contributed by atoms with Crippen molar-refractivity contribution in [2.45, 2.75) is 45.4 Å². The van der Waals surface area contributed by atoms with E-state index in [1.807, 2.05) is 0 Å². The smallest absolute Gasteiger partial charge is 0.00369 e. The van der Waals surface area contributed by atoms with E-state index in [0.717, 1.165) is 5.75 Å². The summed E-state index contributed by atoms with van der Waals surface area (Å²) in [5.74, 6) is 0.939. The summed E-state index contributed by atoms with van der Waals surface area (Å²) in [6.07, 6.45) is 12.3. The summed E-state index contributed by atoms with van der Waals surface area (Å²) in [5.41, 5.74) is 0. The molecule has 0 spiro atoms. The van der Waals surface area contributed by atoms with Crippen LogP contribution in [-0.2, 0) is 0 Å². The van der Waals surface area contributed by atoms with E-state index in [4.69, 9.17) is 12.6 Å². The van der Waals surface area contributed by atoms with Crippen molar-refractivity contribution in [1.29, 1.82) is 0 Å². The Balaban J connectivity index is 2.79. The van der Waals surface area contributed by atoms with Gasteiger partial charge in [0.15, 0.2) is 0 Å². The minimum absolute atomic E-state index is 0.939. The Morgan fingerprint density at radius 1 is 1.00 bits per heavy atom. The van der Waals surface area contributed by atoms with Gasteiger partial charge in [-0.25, -0.2) is 0 Å². The molecular weight excluding hydrogens is 152 g/mol. The first-order chi connectivity index (χ1) is 5.41. The standard InChI is InChI=1S/C10H19S/c1-2-3-4-5-6-7-8-9-10-11/h2-3H,4-10H2,1H3. The molecule has 0 rings (SSSR count). The summed E-state index contributed by atoms with van der Waals surface area (Å²) >= 11 is 4.86. The molecular formula is C10H19S. The van der Waals surface area contributed by atoms with Gasteiger partial charge in [0.2, 0.25) is 0 Å². The second kappa shape index (κ2) is 10.1. The number of hydrogen-bond donors (Lipinski definition) is 0. The van der Waals surface area contributed by atoms with E-state index in [1.54, 1.807) is 0 Å². The molecule has 0 saturated heterocycles. The first-order valence-electron chi connectivity index (χ1n) is 4.61. The molecule has 0 aromatic heterocycles. The van der Waals surface area contributed by atoms with Gasteiger partial charge in [0.1, 0.15) is 0 Å². The van der Waals surface area contributed by atoms with E-state index in [2.05, 4.69) is 19.1 Å². The number of hydrogen-bond acceptors (Lipinski definition) is 0. The molecule has 0 bridgehead atoms. The summed E-state index contributed by atoms with van der Waals surface area (Å²) in [4.78, 5) is 0. The van der Waals surface area contributed by atoms with Crippen LogP contribution in [0.5, 0.6) is 0 Å². The van der Waals surface area contributed by atoms with Crippen LogP contribution in [-0.4, -0.2) is 5.75 Å². The molecule has 11 heavy (non-hydrogen) atoms. The van der Waals surface area contributed by atoms with E-state index in [0.29, 0.717) is 0 Å². The molecule has 1 radical (unpaired) electrons. The Labute approximate surface area is 76.5 Å². The molecule has 0 atom stereocenters. The molecule has 0 N–H and O–H groups in total. The second-order valence-electron chi connectivity index (χ2n) is 2.83. The Morgan fingerprint density at radius 2 is 1.64 bits per heavy atom. The van der Waals surface area contributed by atoms with Crippen LogP contribution in [0, 0.1) is 0 Å². The highest BCUT2D eigenvalue weighted by Crippen LogP contribution is 2.05. The van der Waals surface area contributed by atoms with Gasteiger partial charge in [-0.05, 0) is 26.2 Å². The highest BCUT2D eigenvalue weighted by atomic mass is 32.1. The molecule has 0 amide bonds. The summed E-state index contributed by atoms with van der Waals surface area (Å²) in [6.45, 7) is 2.08. The predicted octanol–water partition coefficient (Wildman–Crippen LogP) is 4.10. The number of unbranched alkanes of at least 4 members (excludes halogenated alkanes) is 5. The van der Waals surface area contributed by atoms with Gasteiger partial charge in [0, 0.05) is 5.75 Å². The zero-order valence-corrected chi connectivity index (χ0v) is 8.33. The van der Waals surface area contributed by atoms with E-state index in [1.165, 1.54) is 38.5 Å². The van der Waals surface area contributed by atoms with Crippen LogP contribution in [0.1, 0.15) is 45.4 Å². The average molecular weight is 171 g/mol. The lowest BCUT2D eigenvalue weighted by atomic mass is 10.1. The van der Waals surface area contributed by atoms with E-state index < -0.39 is 0 Å². The molecule has 0 aliphatic rings. The van der Waals surface area contributed by atoms with Gasteiger partial charge in [-0.3, -0.25) is 0 Å². The maximum Gasteiger partial charge on any atom is 0.00369 e. The van der Waals surface area contributed by atoms with Crippen molar-refractivity contribution in [2.24, 2.45) is 0 Å². The second-order valence-corrected chi connectivity index (χ2v) is 3.24. The lowest BCUT2D eigenvalue weighted by Crippen LogP contribution is -1.79. The Morgan fingerprint density at radius 3 is 2.27 bits per heavy atom. The fourth-order valence-electron chi connectivity index (χ4n) is 1.06. The van der Waals surface area contributed by atoms with Gasteiger partial charge in [-0.1, -0.05) is 44.0 Å². The zero-order valence-electron chi connectivity index (χ0n) is 7.51. The topological polar surface area (TPSA) is 0 Å². The quantitative estimate of drug-likeness (QED) is 0.399. The molecule has 0 nitrogen and oxygen atoms in total. The number of rotatable bonds is 7. The van der Waals surface area contributed by atoms with Gasteiger partial charge in [-0.15, -0.1) is 0 Å². The van der Waals surface area contributed by atoms with Gasteiger partial charge >= 0.3 is 0 Å². The highest BCUT2D eigenvalue weighted by molar-refractivity contribution is 7.80. The largest absolute Gasteiger partial charge is 0.0942 e. The van der Waals surface area contributed by atoms with Gasteiger partial charge in [0.25, 0.3) is 0 Å². The fourth-order valence-corrected chi connectivity index (χ4v) is 1.27. The van der Waals surface area contributed by atoms with E-state index in [-0.39, 0.29) is 0 Å². The molecule has 0 aromatic carbocycles. The highest BCUT2D eigenvalue weighted by Gasteiger charge is 1.87. The molecule has 0 heterocycles. The van der Waals surface area contributed by atoms with Crippen molar-refractivity contribution < 1.29 is 0 Å². The third-order valence-electron chi connectivity index (χ3n) is 1.75. The monoisotopic (exact) mass is 171 g/mol. The van der Waals surface area contributed by atoms with Gasteiger partial charge in [0.05, 0.1) is 0 Å². The van der Waals surface area contributed by atoms with E-state index in [9.17, 15) is 0 Å². The van der Waals surface area contributed by atoms with Crippen molar-refractivity contribution in [3.8, 4) is 0 Å². The van der Waals surface area contributed by atoms with Crippen molar-refractivity contribution >= 4 is 12.6 Å². The van der Waals surface area contributed by atoms with Crippen LogP contribution in [0.3, 0.4) is 0 Å². The van der Waals surface area contributed by atoms with Crippen molar-refractivity contribution in [3.63, 3.8) is 0 Å².